The van der Waals surface area contributed by atoms with Crippen LogP contribution in [0, 0.1) is 13.8 Å². The molecule has 88 valence electrons. The van der Waals surface area contributed by atoms with Crippen LogP contribution in [0.25, 0.3) is 0 Å². The first-order valence-electron chi connectivity index (χ1n) is 5.49. The largest absolute Gasteiger partial charge is 0.383 e. The van der Waals surface area contributed by atoms with Crippen LogP contribution in [-0.2, 0) is 6.42 Å². The highest BCUT2D eigenvalue weighted by Gasteiger charge is 2.06. The molecule has 1 heterocycles. The molecule has 0 aliphatic heterocycles. The SMILES string of the molecule is Cc1ccc(C)c(Cc2cnc(N)nc2N)c1. The number of aryl methyl sites for hydroxylation is 2. The van der Waals surface area contributed by atoms with E-state index in [4.69, 9.17) is 11.5 Å². The third kappa shape index (κ3) is 2.53. The van der Waals surface area contributed by atoms with Crippen LogP contribution in [0.3, 0.4) is 0 Å². The van der Waals surface area contributed by atoms with Gasteiger partial charge in [0.25, 0.3) is 0 Å². The molecule has 0 aliphatic rings. The van der Waals surface area contributed by atoms with E-state index in [0.717, 1.165) is 12.0 Å². The van der Waals surface area contributed by atoms with Crippen molar-refractivity contribution in [2.75, 3.05) is 11.5 Å². The molecule has 0 saturated heterocycles. The fraction of sp³-hybridized carbons (Fsp3) is 0.231. The fourth-order valence-electron chi connectivity index (χ4n) is 1.77. The molecule has 0 unspecified atom stereocenters. The first-order chi connectivity index (χ1) is 8.06. The number of anilines is 2. The molecule has 4 heteroatoms. The van der Waals surface area contributed by atoms with Gasteiger partial charge in [-0.3, -0.25) is 0 Å². The maximum absolute atomic E-state index is 5.83. The Hall–Kier alpha value is -2.10. The van der Waals surface area contributed by atoms with Gasteiger partial charge in [-0.25, -0.2) is 4.98 Å². The summed E-state index contributed by atoms with van der Waals surface area (Å²) >= 11 is 0. The zero-order valence-corrected chi connectivity index (χ0v) is 10.1. The lowest BCUT2D eigenvalue weighted by Gasteiger charge is -2.08. The van der Waals surface area contributed by atoms with Crippen LogP contribution in [0.4, 0.5) is 11.8 Å². The van der Waals surface area contributed by atoms with Crippen LogP contribution in [0.1, 0.15) is 22.3 Å². The average molecular weight is 228 g/mol. The maximum atomic E-state index is 5.83. The third-order valence-electron chi connectivity index (χ3n) is 2.80. The number of hydrogen-bond acceptors (Lipinski definition) is 4. The van der Waals surface area contributed by atoms with Crippen molar-refractivity contribution in [3.63, 3.8) is 0 Å². The number of nitrogen functional groups attached to an aromatic ring is 2. The predicted molar refractivity (Wildman–Crippen MR) is 69.6 cm³/mol. The summed E-state index contributed by atoms with van der Waals surface area (Å²) in [5.41, 5.74) is 15.9. The molecule has 0 aliphatic carbocycles. The summed E-state index contributed by atoms with van der Waals surface area (Å²) in [6, 6.07) is 6.37. The first kappa shape index (κ1) is 11.4. The standard InChI is InChI=1S/C13H16N4/c1-8-3-4-9(2)10(5-8)6-11-7-16-13(15)17-12(11)14/h3-5,7H,6H2,1-2H3,(H4,14,15,16,17). The van der Waals surface area contributed by atoms with Gasteiger partial charge in [-0.2, -0.15) is 4.98 Å². The van der Waals surface area contributed by atoms with Crippen LogP contribution in [0.15, 0.2) is 24.4 Å². The van der Waals surface area contributed by atoms with E-state index in [1.165, 1.54) is 16.7 Å². The smallest absolute Gasteiger partial charge is 0.221 e. The van der Waals surface area contributed by atoms with Crippen molar-refractivity contribution in [2.45, 2.75) is 20.3 Å². The van der Waals surface area contributed by atoms with E-state index in [1.807, 2.05) is 0 Å². The Balaban J connectivity index is 2.34. The molecule has 0 spiro atoms. The Morgan fingerprint density at radius 3 is 2.59 bits per heavy atom. The van der Waals surface area contributed by atoms with Crippen molar-refractivity contribution in [1.82, 2.24) is 9.97 Å². The Morgan fingerprint density at radius 1 is 1.12 bits per heavy atom. The normalized spacial score (nSPS) is 10.5. The van der Waals surface area contributed by atoms with Crippen molar-refractivity contribution in [3.8, 4) is 0 Å². The van der Waals surface area contributed by atoms with Crippen molar-refractivity contribution in [1.29, 1.82) is 0 Å². The van der Waals surface area contributed by atoms with Crippen LogP contribution in [0.2, 0.25) is 0 Å². The summed E-state index contributed by atoms with van der Waals surface area (Å²) < 4.78 is 0. The number of rotatable bonds is 2. The minimum Gasteiger partial charge on any atom is -0.383 e. The number of nitrogens with two attached hydrogens (primary N) is 2. The summed E-state index contributed by atoms with van der Waals surface area (Å²) in [7, 11) is 0. The second-order valence-electron chi connectivity index (χ2n) is 4.25. The number of aromatic nitrogens is 2. The highest BCUT2D eigenvalue weighted by molar-refractivity contribution is 5.45. The van der Waals surface area contributed by atoms with Crippen molar-refractivity contribution >= 4 is 11.8 Å². The van der Waals surface area contributed by atoms with Crippen molar-refractivity contribution < 1.29 is 0 Å². The Labute approximate surface area is 101 Å². The van der Waals surface area contributed by atoms with Gasteiger partial charge >= 0.3 is 0 Å². The molecule has 1 aromatic carbocycles. The highest BCUT2D eigenvalue weighted by Crippen LogP contribution is 2.18. The molecule has 0 amide bonds. The van der Waals surface area contributed by atoms with Gasteiger partial charge in [0.05, 0.1) is 0 Å². The lowest BCUT2D eigenvalue weighted by Crippen LogP contribution is -2.04. The Bertz CT molecular complexity index is 549. The Kier molecular flexibility index (Phi) is 2.95. The molecular formula is C13H16N4. The van der Waals surface area contributed by atoms with E-state index in [9.17, 15) is 0 Å². The van der Waals surface area contributed by atoms with Gasteiger partial charge in [-0.15, -0.1) is 0 Å². The van der Waals surface area contributed by atoms with Crippen LogP contribution in [0.5, 0.6) is 0 Å². The lowest BCUT2D eigenvalue weighted by molar-refractivity contribution is 1.08. The topological polar surface area (TPSA) is 77.8 Å². The molecule has 1 aromatic heterocycles. The van der Waals surface area contributed by atoms with E-state index in [2.05, 4.69) is 42.0 Å². The molecule has 0 fully saturated rings. The second-order valence-corrected chi connectivity index (χ2v) is 4.25. The van der Waals surface area contributed by atoms with Gasteiger partial charge in [0, 0.05) is 18.2 Å². The summed E-state index contributed by atoms with van der Waals surface area (Å²) in [5.74, 6) is 0.672. The zero-order valence-electron chi connectivity index (χ0n) is 10.1. The second kappa shape index (κ2) is 4.41. The van der Waals surface area contributed by atoms with Crippen LogP contribution < -0.4 is 11.5 Å². The van der Waals surface area contributed by atoms with Gasteiger partial charge < -0.3 is 11.5 Å². The first-order valence-corrected chi connectivity index (χ1v) is 5.49. The molecule has 2 rings (SSSR count). The summed E-state index contributed by atoms with van der Waals surface area (Å²) in [6.07, 6.45) is 2.43. The van der Waals surface area contributed by atoms with Gasteiger partial charge in [0.1, 0.15) is 5.82 Å². The minimum atomic E-state index is 0.215. The molecule has 0 radical (unpaired) electrons. The zero-order chi connectivity index (χ0) is 12.4. The van der Waals surface area contributed by atoms with Crippen LogP contribution in [-0.4, -0.2) is 9.97 Å². The van der Waals surface area contributed by atoms with Gasteiger partial charge in [0.2, 0.25) is 5.95 Å². The molecule has 0 saturated carbocycles. The molecular weight excluding hydrogens is 212 g/mol. The molecule has 4 N–H and O–H groups in total. The Morgan fingerprint density at radius 2 is 1.88 bits per heavy atom. The predicted octanol–water partition coefficient (Wildman–Crippen LogP) is 1.85. The quantitative estimate of drug-likeness (QED) is 0.822. The fourth-order valence-corrected chi connectivity index (χ4v) is 1.77. The summed E-state index contributed by atoms with van der Waals surface area (Å²) in [6.45, 7) is 4.16. The maximum Gasteiger partial charge on any atom is 0.221 e. The molecule has 0 bridgehead atoms. The van der Waals surface area contributed by atoms with E-state index < -0.39 is 0 Å². The van der Waals surface area contributed by atoms with E-state index >= 15 is 0 Å². The van der Waals surface area contributed by atoms with E-state index in [1.54, 1.807) is 6.20 Å². The average Bonchev–Trinajstić information content (AvgIpc) is 2.27. The number of hydrogen-bond donors (Lipinski definition) is 2. The van der Waals surface area contributed by atoms with E-state index in [0.29, 0.717) is 5.82 Å². The van der Waals surface area contributed by atoms with Gasteiger partial charge in [-0.1, -0.05) is 23.8 Å². The highest BCUT2D eigenvalue weighted by atomic mass is 15.0. The van der Waals surface area contributed by atoms with Gasteiger partial charge in [-0.05, 0) is 25.0 Å². The lowest BCUT2D eigenvalue weighted by atomic mass is 10.00. The number of benzene rings is 1. The molecule has 4 nitrogen and oxygen atoms in total. The summed E-state index contributed by atoms with van der Waals surface area (Å²) in [4.78, 5) is 7.94. The van der Waals surface area contributed by atoms with E-state index in [-0.39, 0.29) is 5.95 Å². The molecule has 2 aromatic rings. The summed E-state index contributed by atoms with van der Waals surface area (Å²) in [5, 5.41) is 0. The number of nitrogens with zero attached hydrogens (tertiary/aromatic N) is 2. The minimum absolute atomic E-state index is 0.215. The van der Waals surface area contributed by atoms with Crippen molar-refractivity contribution in [2.24, 2.45) is 0 Å². The third-order valence-corrected chi connectivity index (χ3v) is 2.80. The molecule has 0 atom stereocenters. The molecule has 17 heavy (non-hydrogen) atoms. The van der Waals surface area contributed by atoms with Gasteiger partial charge in [0.15, 0.2) is 0 Å². The van der Waals surface area contributed by atoms with Crippen LogP contribution >= 0.6 is 0 Å². The van der Waals surface area contributed by atoms with Crippen molar-refractivity contribution in [3.05, 3.63) is 46.6 Å². The monoisotopic (exact) mass is 228 g/mol.